The first-order chi connectivity index (χ1) is 22.9. The average molecular weight is 694 g/mol. The Kier molecular flexibility index (Phi) is 17.6. The average Bonchev–Trinajstić information content (AvgIpc) is 3.04. The fourth-order valence-electron chi connectivity index (χ4n) is 4.21. The van der Waals surface area contributed by atoms with Gasteiger partial charge in [-0.2, -0.15) is 0 Å². The normalized spacial score (nSPS) is 10.9. The van der Waals surface area contributed by atoms with Gasteiger partial charge in [0.05, 0.1) is 12.5 Å². The molecule has 1 atom stereocenters. The number of nitrogens with zero attached hydrogens (tertiary/aromatic N) is 1. The van der Waals surface area contributed by atoms with Gasteiger partial charge in [0.25, 0.3) is 0 Å². The summed E-state index contributed by atoms with van der Waals surface area (Å²) in [5, 5.41) is 20.8. The van der Waals surface area contributed by atoms with Crippen LogP contribution in [0.25, 0.3) is 0 Å². The smallest absolute Gasteiger partial charge is 0.548 e. The number of anilines is 1. The molecule has 0 amide bonds. The van der Waals surface area contributed by atoms with Crippen LogP contribution in [-0.4, -0.2) is 54.8 Å². The summed E-state index contributed by atoms with van der Waals surface area (Å²) in [6, 6.07) is 22.0. The van der Waals surface area contributed by atoms with Crippen molar-refractivity contribution in [3.63, 3.8) is 0 Å². The molecule has 1 N–H and O–H groups in total. The molecule has 3 rings (SSSR count). The minimum atomic E-state index is -1.26. The second-order valence-corrected chi connectivity index (χ2v) is 12.1. The van der Waals surface area contributed by atoms with E-state index in [4.69, 9.17) is 14.2 Å². The first-order valence-corrected chi connectivity index (χ1v) is 15.4. The van der Waals surface area contributed by atoms with Crippen molar-refractivity contribution in [1.82, 2.24) is 0 Å². The molecule has 0 radical (unpaired) electrons. The van der Waals surface area contributed by atoms with Crippen molar-refractivity contribution in [2.45, 2.75) is 53.1 Å². The van der Waals surface area contributed by atoms with Gasteiger partial charge >= 0.3 is 47.5 Å². The Hall–Kier alpha value is -4.48. The minimum Gasteiger partial charge on any atom is -0.548 e. The van der Waals surface area contributed by atoms with E-state index in [1.807, 2.05) is 43.3 Å². The van der Waals surface area contributed by atoms with Crippen molar-refractivity contribution < 1.29 is 73.2 Å². The van der Waals surface area contributed by atoms with Crippen molar-refractivity contribution in [2.75, 3.05) is 24.6 Å². The molecule has 11 heteroatoms. The van der Waals surface area contributed by atoms with E-state index >= 15 is 0 Å². The van der Waals surface area contributed by atoms with Crippen molar-refractivity contribution in [2.24, 2.45) is 0 Å². The number of ether oxygens (including phenoxy) is 3. The predicted molar refractivity (Wildman–Crippen MR) is 186 cm³/mol. The number of carbonyl (C=O) groups is 4. The Morgan fingerprint density at radius 2 is 1.14 bits per heavy atom. The van der Waals surface area contributed by atoms with Gasteiger partial charge in [0.15, 0.2) is 0 Å². The Morgan fingerprint density at radius 3 is 1.50 bits per heavy atom. The molecule has 260 valence electrons. The maximum absolute atomic E-state index is 11.6. The van der Waals surface area contributed by atoms with E-state index in [0.717, 1.165) is 16.7 Å². The number of aliphatic hydroxyl groups is 1. The molecule has 0 bridgehead atoms. The zero-order valence-electron chi connectivity index (χ0n) is 29.9. The van der Waals surface area contributed by atoms with E-state index in [1.54, 1.807) is 50.2 Å². The van der Waals surface area contributed by atoms with Crippen LogP contribution in [-0.2, 0) is 29.3 Å². The summed E-state index contributed by atoms with van der Waals surface area (Å²) < 4.78 is 15.3. The van der Waals surface area contributed by atoms with Crippen LogP contribution < -0.4 is 49.0 Å². The molecular weight excluding hydrogens is 649 g/mol. The Bertz CT molecular complexity index is 1590. The molecule has 3 aromatic rings. The number of hydrogen-bond donors (Lipinski definition) is 1. The van der Waals surface area contributed by atoms with Gasteiger partial charge in [0.1, 0.15) is 24.2 Å². The van der Waals surface area contributed by atoms with Crippen LogP contribution in [0, 0.1) is 6.92 Å². The third-order valence-electron chi connectivity index (χ3n) is 7.18. The number of carboxylic acid groups (broad SMARTS) is 1. The number of aliphatic hydroxyl groups excluding tert-OH is 1. The molecule has 0 fully saturated rings. The van der Waals surface area contributed by atoms with E-state index in [-0.39, 0.29) is 60.2 Å². The molecule has 3 aromatic carbocycles. The molecule has 0 heterocycles. The van der Waals surface area contributed by atoms with Gasteiger partial charge in [-0.25, -0.2) is 14.4 Å². The van der Waals surface area contributed by atoms with Crippen LogP contribution in [0.3, 0.4) is 0 Å². The molecule has 50 heavy (non-hydrogen) atoms. The zero-order chi connectivity index (χ0) is 36.9. The number of rotatable bonds is 14. The van der Waals surface area contributed by atoms with Gasteiger partial charge in [-0.05, 0) is 75.2 Å². The Morgan fingerprint density at radius 1 is 0.740 bits per heavy atom. The third-order valence-corrected chi connectivity index (χ3v) is 7.18. The van der Waals surface area contributed by atoms with Crippen molar-refractivity contribution >= 4 is 29.6 Å². The fourth-order valence-corrected chi connectivity index (χ4v) is 4.21. The van der Waals surface area contributed by atoms with Gasteiger partial charge in [-0.1, -0.05) is 75.5 Å². The number of carboxylic acids is 1. The molecule has 10 nitrogen and oxygen atoms in total. The Balaban J connectivity index is 0.000000501. The van der Waals surface area contributed by atoms with Gasteiger partial charge in [-0.15, -0.1) is 0 Å². The van der Waals surface area contributed by atoms with E-state index in [1.165, 1.54) is 11.8 Å². The number of aryl methyl sites for hydroxylation is 1. The standard InChI is InChI=1S/C23H24O4.C16H21NO5.Na/c1-15(2)21(24)26-19-11-7-17(8-12-19)23(5,6)18-9-13-20(14-10-18)27-22(25)16(3)4;1-11(2)16(21)22-10-14(18)8-17(9-15(19)20)13-6-4-12(3)5-7-13;/h7-14H,1,3H2,2,4-6H3;4-7,14,18H,1,8-10H2,2-3H3,(H,19,20);/q;;+1/p-1. The van der Waals surface area contributed by atoms with Crippen LogP contribution in [0.2, 0.25) is 0 Å². The molecule has 0 spiro atoms. The third kappa shape index (κ3) is 14.2. The molecule has 0 aromatic heterocycles. The van der Waals surface area contributed by atoms with Crippen LogP contribution >= 0.6 is 0 Å². The molecule has 0 saturated carbocycles. The summed E-state index contributed by atoms with van der Waals surface area (Å²) in [5.74, 6) is -1.79. The monoisotopic (exact) mass is 693 g/mol. The van der Waals surface area contributed by atoms with E-state index in [9.17, 15) is 29.4 Å². The fraction of sp³-hybridized carbons (Fsp3) is 0.282. The summed E-state index contributed by atoms with van der Waals surface area (Å²) in [7, 11) is 0. The molecule has 0 saturated heterocycles. The summed E-state index contributed by atoms with van der Waals surface area (Å²) in [6.07, 6.45) is -1.02. The maximum atomic E-state index is 11.6. The second-order valence-electron chi connectivity index (χ2n) is 12.1. The van der Waals surface area contributed by atoms with Crippen LogP contribution in [0.1, 0.15) is 51.3 Å². The SMILES string of the molecule is C=C(C)C(=O)OCC(O)CN(CC(=O)[O-])c1ccc(C)cc1.C=C(C)C(=O)Oc1ccc(C(C)(C)c2ccc(OC(=O)C(=C)C)cc2)cc1.[Na+]. The molecule has 0 aliphatic carbocycles. The topological polar surface area (TPSA) is 142 Å². The van der Waals surface area contributed by atoms with Crippen LogP contribution in [0.4, 0.5) is 5.69 Å². The van der Waals surface area contributed by atoms with E-state index in [0.29, 0.717) is 28.3 Å². The van der Waals surface area contributed by atoms with Crippen molar-refractivity contribution in [3.8, 4) is 11.5 Å². The van der Waals surface area contributed by atoms with Crippen LogP contribution in [0.5, 0.6) is 11.5 Å². The summed E-state index contributed by atoms with van der Waals surface area (Å²) in [5.41, 5.74) is 4.45. The predicted octanol–water partition coefficient (Wildman–Crippen LogP) is 2.01. The summed E-state index contributed by atoms with van der Waals surface area (Å²) in [4.78, 5) is 46.8. The molecule has 1 unspecified atom stereocenters. The first kappa shape index (κ1) is 43.5. The van der Waals surface area contributed by atoms with E-state index < -0.39 is 30.0 Å². The Labute approximate surface area is 316 Å². The zero-order valence-corrected chi connectivity index (χ0v) is 31.9. The van der Waals surface area contributed by atoms with Gasteiger partial charge < -0.3 is 34.1 Å². The first-order valence-electron chi connectivity index (χ1n) is 15.4. The largest absolute Gasteiger partial charge is 1.00 e. The maximum Gasteiger partial charge on any atom is 1.00 e. The molecule has 0 aliphatic heterocycles. The van der Waals surface area contributed by atoms with Gasteiger partial charge in [0, 0.05) is 34.4 Å². The number of carbonyl (C=O) groups excluding carboxylic acids is 4. The van der Waals surface area contributed by atoms with Crippen LogP contribution in [0.15, 0.2) is 109 Å². The summed E-state index contributed by atoms with van der Waals surface area (Å²) >= 11 is 0. The second kappa shape index (κ2) is 20.3. The van der Waals surface area contributed by atoms with E-state index in [2.05, 4.69) is 33.6 Å². The van der Waals surface area contributed by atoms with Crippen molar-refractivity contribution in [1.29, 1.82) is 0 Å². The summed E-state index contributed by atoms with van der Waals surface area (Å²) in [6.45, 7) is 20.8. The van der Waals surface area contributed by atoms with Gasteiger partial charge in [0.2, 0.25) is 0 Å². The van der Waals surface area contributed by atoms with Crippen molar-refractivity contribution in [3.05, 3.63) is 126 Å². The van der Waals surface area contributed by atoms with Gasteiger partial charge in [-0.3, -0.25) is 0 Å². The number of aliphatic carboxylic acids is 1. The molecular formula is C39H44NNaO9. The quantitative estimate of drug-likeness (QED) is 0.115. The number of hydrogen-bond acceptors (Lipinski definition) is 10. The number of benzene rings is 3. The molecule has 0 aliphatic rings. The number of esters is 3. The minimum absolute atomic E-state index is 0.